The van der Waals surface area contributed by atoms with E-state index in [-0.39, 0.29) is 0 Å². The number of hydrogen-bond donors (Lipinski definition) is 1. The lowest BCUT2D eigenvalue weighted by molar-refractivity contribution is -0.137. The first-order chi connectivity index (χ1) is 8.66. The van der Waals surface area contributed by atoms with Crippen molar-refractivity contribution < 1.29 is 4.79 Å². The Morgan fingerprint density at radius 1 is 1.11 bits per heavy atom. The number of rotatable bonds is 1. The summed E-state index contributed by atoms with van der Waals surface area (Å²) < 4.78 is 0. The summed E-state index contributed by atoms with van der Waals surface area (Å²) >= 11 is 0. The highest BCUT2D eigenvalue weighted by atomic mass is 16.2. The summed E-state index contributed by atoms with van der Waals surface area (Å²) in [6, 6.07) is 0.459. The molecule has 0 spiro atoms. The third-order valence-electron chi connectivity index (χ3n) is 4.05. The molecule has 2 rings (SSSR count). The van der Waals surface area contributed by atoms with Crippen molar-refractivity contribution in [2.24, 2.45) is 11.8 Å². The Bertz CT molecular complexity index is 247. The molecular formula is C15H30N2O. The van der Waals surface area contributed by atoms with Gasteiger partial charge in [-0.1, -0.05) is 20.8 Å². The number of amides is 1. The molecule has 1 aliphatic carbocycles. The first-order valence-electron chi connectivity index (χ1n) is 7.69. The molecule has 1 saturated carbocycles. The van der Waals surface area contributed by atoms with E-state index in [0.717, 1.165) is 38.4 Å². The van der Waals surface area contributed by atoms with Crippen LogP contribution in [0.5, 0.6) is 0 Å². The van der Waals surface area contributed by atoms with Crippen molar-refractivity contribution in [1.29, 1.82) is 0 Å². The Hall–Kier alpha value is -0.570. The van der Waals surface area contributed by atoms with Crippen LogP contribution in [-0.4, -0.2) is 36.5 Å². The maximum atomic E-state index is 12.3. The van der Waals surface area contributed by atoms with Crippen LogP contribution < -0.4 is 5.32 Å². The van der Waals surface area contributed by atoms with Gasteiger partial charge in [-0.2, -0.15) is 0 Å². The minimum absolute atomic E-state index is 0.321. The molecule has 0 bridgehead atoms. The molecule has 1 N–H and O–H groups in total. The van der Waals surface area contributed by atoms with Crippen LogP contribution in [0.4, 0.5) is 0 Å². The zero-order valence-electron chi connectivity index (χ0n) is 12.5. The Morgan fingerprint density at radius 3 is 2.28 bits per heavy atom. The molecule has 2 fully saturated rings. The molecule has 3 nitrogen and oxygen atoms in total. The van der Waals surface area contributed by atoms with Gasteiger partial charge in [-0.15, -0.1) is 0 Å². The van der Waals surface area contributed by atoms with E-state index in [2.05, 4.69) is 24.1 Å². The number of piperazine rings is 1. The monoisotopic (exact) mass is 254 g/mol. The molecule has 1 amide bonds. The largest absolute Gasteiger partial charge is 0.340 e. The molecule has 0 aromatic heterocycles. The molecule has 0 aromatic carbocycles. The van der Waals surface area contributed by atoms with Gasteiger partial charge in [0, 0.05) is 31.6 Å². The van der Waals surface area contributed by atoms with Gasteiger partial charge in [0.2, 0.25) is 5.91 Å². The van der Waals surface area contributed by atoms with Crippen molar-refractivity contribution >= 4 is 5.91 Å². The molecule has 0 radical (unpaired) electrons. The van der Waals surface area contributed by atoms with Crippen molar-refractivity contribution in [3.8, 4) is 0 Å². The van der Waals surface area contributed by atoms with E-state index in [0.29, 0.717) is 17.9 Å². The van der Waals surface area contributed by atoms with Crippen LogP contribution in [-0.2, 0) is 4.79 Å². The van der Waals surface area contributed by atoms with Crippen LogP contribution in [0.1, 0.15) is 53.4 Å². The molecule has 2 aliphatic rings. The summed E-state index contributed by atoms with van der Waals surface area (Å²) in [5.41, 5.74) is 0. The Labute approximate surface area is 112 Å². The van der Waals surface area contributed by atoms with Gasteiger partial charge in [-0.3, -0.25) is 4.79 Å². The number of nitrogens with one attached hydrogen (secondary N) is 1. The average molecular weight is 254 g/mol. The van der Waals surface area contributed by atoms with Crippen molar-refractivity contribution in [1.82, 2.24) is 10.2 Å². The van der Waals surface area contributed by atoms with E-state index >= 15 is 0 Å². The van der Waals surface area contributed by atoms with E-state index in [1.807, 2.05) is 13.8 Å². The van der Waals surface area contributed by atoms with Crippen LogP contribution in [0, 0.1) is 11.8 Å². The predicted molar refractivity (Wildman–Crippen MR) is 76.5 cm³/mol. The van der Waals surface area contributed by atoms with Crippen molar-refractivity contribution in [3.63, 3.8) is 0 Å². The first-order valence-corrected chi connectivity index (χ1v) is 7.69. The fourth-order valence-electron chi connectivity index (χ4n) is 2.90. The van der Waals surface area contributed by atoms with Crippen LogP contribution in [0.3, 0.4) is 0 Å². The molecule has 0 aromatic rings. The average Bonchev–Trinajstić information content (AvgIpc) is 2.41. The van der Waals surface area contributed by atoms with E-state index in [1.54, 1.807) is 0 Å². The van der Waals surface area contributed by atoms with Gasteiger partial charge in [0.15, 0.2) is 0 Å². The van der Waals surface area contributed by atoms with Crippen molar-refractivity contribution in [2.45, 2.75) is 59.4 Å². The maximum Gasteiger partial charge on any atom is 0.225 e. The molecule has 1 atom stereocenters. The number of carbonyl (C=O) groups excluding carboxylic acids is 1. The smallest absolute Gasteiger partial charge is 0.225 e. The van der Waals surface area contributed by atoms with Gasteiger partial charge in [-0.25, -0.2) is 0 Å². The molecule has 106 valence electrons. The van der Waals surface area contributed by atoms with Crippen LogP contribution >= 0.6 is 0 Å². The lowest BCUT2D eigenvalue weighted by atomic mass is 9.82. The molecule has 0 unspecified atom stereocenters. The van der Waals surface area contributed by atoms with Gasteiger partial charge in [-0.05, 0) is 38.5 Å². The molecule has 1 saturated heterocycles. The number of nitrogens with zero attached hydrogens (tertiary/aromatic N) is 1. The zero-order chi connectivity index (χ0) is 13.5. The maximum absolute atomic E-state index is 12.3. The fraction of sp³-hybridized carbons (Fsp3) is 0.933. The zero-order valence-corrected chi connectivity index (χ0v) is 12.5. The second-order valence-electron chi connectivity index (χ2n) is 5.60. The Balaban J connectivity index is 0.000000771. The summed E-state index contributed by atoms with van der Waals surface area (Å²) in [5.74, 6) is 1.56. The van der Waals surface area contributed by atoms with Crippen LogP contribution in [0.2, 0.25) is 0 Å². The highest BCUT2D eigenvalue weighted by Gasteiger charge is 2.29. The highest BCUT2D eigenvalue weighted by Crippen LogP contribution is 2.29. The number of hydrogen-bond acceptors (Lipinski definition) is 2. The normalized spacial score (nSPS) is 32.4. The van der Waals surface area contributed by atoms with Crippen molar-refractivity contribution in [2.75, 3.05) is 19.6 Å². The van der Waals surface area contributed by atoms with Crippen LogP contribution in [0.15, 0.2) is 0 Å². The summed E-state index contributed by atoms with van der Waals surface area (Å²) in [4.78, 5) is 14.4. The second-order valence-corrected chi connectivity index (χ2v) is 5.60. The number of carbonyl (C=O) groups is 1. The third-order valence-corrected chi connectivity index (χ3v) is 4.05. The lowest BCUT2D eigenvalue weighted by Gasteiger charge is -2.36. The molecule has 18 heavy (non-hydrogen) atoms. The second kappa shape index (κ2) is 7.78. The minimum Gasteiger partial charge on any atom is -0.340 e. The van der Waals surface area contributed by atoms with Gasteiger partial charge in [0.05, 0.1) is 0 Å². The van der Waals surface area contributed by atoms with E-state index in [4.69, 9.17) is 0 Å². The van der Waals surface area contributed by atoms with Crippen LogP contribution in [0.25, 0.3) is 0 Å². The fourth-order valence-corrected chi connectivity index (χ4v) is 2.90. The Kier molecular flexibility index (Phi) is 6.69. The Morgan fingerprint density at radius 2 is 1.72 bits per heavy atom. The third kappa shape index (κ3) is 4.27. The SMILES string of the molecule is CC.CC1CCC(C(=O)N2CCN[C@@H](C)C2)CC1. The predicted octanol–water partition coefficient (Wildman–Crippen LogP) is 2.66. The molecule has 1 aliphatic heterocycles. The molecular weight excluding hydrogens is 224 g/mol. The van der Waals surface area contributed by atoms with E-state index in [1.165, 1.54) is 12.8 Å². The molecule has 1 heterocycles. The standard InChI is InChI=1S/C13H24N2O.C2H6/c1-10-3-5-12(6-4-10)13(16)15-8-7-14-11(2)9-15;1-2/h10-12,14H,3-9H2,1-2H3;1-2H3/t10?,11-,12?;/m0./s1. The summed E-state index contributed by atoms with van der Waals surface area (Å²) in [5, 5.41) is 3.38. The topological polar surface area (TPSA) is 32.3 Å². The quantitative estimate of drug-likeness (QED) is 0.780. The minimum atomic E-state index is 0.321. The molecule has 3 heteroatoms. The van der Waals surface area contributed by atoms with Gasteiger partial charge < -0.3 is 10.2 Å². The summed E-state index contributed by atoms with van der Waals surface area (Å²) in [7, 11) is 0. The van der Waals surface area contributed by atoms with E-state index in [9.17, 15) is 4.79 Å². The summed E-state index contributed by atoms with van der Waals surface area (Å²) in [6.45, 7) is 11.2. The van der Waals surface area contributed by atoms with Gasteiger partial charge in [0.1, 0.15) is 0 Å². The highest BCUT2D eigenvalue weighted by molar-refractivity contribution is 5.79. The first kappa shape index (κ1) is 15.5. The summed E-state index contributed by atoms with van der Waals surface area (Å²) in [6.07, 6.45) is 4.69. The van der Waals surface area contributed by atoms with Gasteiger partial charge >= 0.3 is 0 Å². The van der Waals surface area contributed by atoms with E-state index < -0.39 is 0 Å². The van der Waals surface area contributed by atoms with Gasteiger partial charge in [0.25, 0.3) is 0 Å². The van der Waals surface area contributed by atoms with Crippen molar-refractivity contribution in [3.05, 3.63) is 0 Å². The lowest BCUT2D eigenvalue weighted by Crippen LogP contribution is -2.53.